The first-order valence-electron chi connectivity index (χ1n) is 5.93. The molecule has 0 radical (unpaired) electrons. The molecule has 1 aliphatic carbocycles. The zero-order valence-corrected chi connectivity index (χ0v) is 10.2. The number of allylic oxidation sites excluding steroid dienone is 1. The first kappa shape index (κ1) is 11.2. The van der Waals surface area contributed by atoms with Gasteiger partial charge in [-0.3, -0.25) is 0 Å². The number of rotatable bonds is 1. The summed E-state index contributed by atoms with van der Waals surface area (Å²) < 4.78 is 5.85. The molecule has 0 aromatic carbocycles. The van der Waals surface area contributed by atoms with Gasteiger partial charge in [-0.1, -0.05) is 25.5 Å². The van der Waals surface area contributed by atoms with E-state index in [1.165, 1.54) is 5.57 Å². The molecule has 2 aliphatic rings. The second-order valence-electron chi connectivity index (χ2n) is 5.42. The zero-order chi connectivity index (χ0) is 11.2. The molecule has 86 valence electrons. The molecule has 0 aromatic rings. The lowest BCUT2D eigenvalue weighted by atomic mass is 9.56. The fraction of sp³-hybridized carbons (Fsp3) is 0.846. The molecule has 0 unspecified atom stereocenters. The summed E-state index contributed by atoms with van der Waals surface area (Å²) in [6.45, 7) is 9.76. The van der Waals surface area contributed by atoms with Gasteiger partial charge in [0.25, 0.3) is 0 Å². The minimum absolute atomic E-state index is 0.0450. The van der Waals surface area contributed by atoms with Gasteiger partial charge in [-0.25, -0.2) is 0 Å². The molecule has 1 fully saturated rings. The van der Waals surface area contributed by atoms with Crippen LogP contribution >= 0.6 is 0 Å². The molecule has 2 bridgehead atoms. The number of hydrogen-bond donors (Lipinski definition) is 1. The van der Waals surface area contributed by atoms with Crippen molar-refractivity contribution < 1.29 is 9.84 Å². The van der Waals surface area contributed by atoms with Crippen molar-refractivity contribution in [3.63, 3.8) is 0 Å². The van der Waals surface area contributed by atoms with E-state index in [0.29, 0.717) is 30.5 Å². The summed E-state index contributed by atoms with van der Waals surface area (Å²) in [4.78, 5) is 0. The maximum atomic E-state index is 9.70. The Morgan fingerprint density at radius 2 is 2.13 bits per heavy atom. The van der Waals surface area contributed by atoms with Crippen molar-refractivity contribution >= 4 is 0 Å². The Morgan fingerprint density at radius 3 is 2.73 bits per heavy atom. The van der Waals surface area contributed by atoms with Gasteiger partial charge in [-0.2, -0.15) is 0 Å². The lowest BCUT2D eigenvalue weighted by Crippen LogP contribution is -2.55. The van der Waals surface area contributed by atoms with Gasteiger partial charge in [0.2, 0.25) is 0 Å². The van der Waals surface area contributed by atoms with Crippen LogP contribution in [0.3, 0.4) is 0 Å². The molecule has 5 atom stereocenters. The van der Waals surface area contributed by atoms with Crippen LogP contribution in [0.2, 0.25) is 0 Å². The van der Waals surface area contributed by atoms with Gasteiger partial charge in [0, 0.05) is 11.3 Å². The second-order valence-corrected chi connectivity index (χ2v) is 5.42. The van der Waals surface area contributed by atoms with E-state index in [1.54, 1.807) is 0 Å². The SMILES string of the molecule is CC1=C[C@H](C)[C@@]2(CO)CO[C@@H](C)[C@H]1[C@H]2C. The fourth-order valence-electron chi connectivity index (χ4n) is 3.60. The number of fused-ring (bicyclic) bond motifs is 2. The number of ether oxygens (including phenoxy) is 1. The highest BCUT2D eigenvalue weighted by Crippen LogP contribution is 2.51. The lowest BCUT2D eigenvalue weighted by Gasteiger charge is -2.54. The first-order chi connectivity index (χ1) is 7.03. The van der Waals surface area contributed by atoms with Gasteiger partial charge in [-0.15, -0.1) is 0 Å². The molecule has 0 saturated carbocycles. The molecule has 15 heavy (non-hydrogen) atoms. The van der Waals surface area contributed by atoms with Gasteiger partial charge in [0.05, 0.1) is 19.3 Å². The molecular formula is C13H22O2. The monoisotopic (exact) mass is 210 g/mol. The van der Waals surface area contributed by atoms with Crippen LogP contribution in [0.5, 0.6) is 0 Å². The van der Waals surface area contributed by atoms with Crippen LogP contribution in [-0.4, -0.2) is 24.4 Å². The Balaban J connectivity index is 2.43. The van der Waals surface area contributed by atoms with Crippen LogP contribution in [0.4, 0.5) is 0 Å². The average molecular weight is 210 g/mol. The Bertz CT molecular complexity index is 284. The molecule has 2 heteroatoms. The summed E-state index contributed by atoms with van der Waals surface area (Å²) in [6.07, 6.45) is 2.63. The minimum Gasteiger partial charge on any atom is -0.396 e. The number of hydrogen-bond acceptors (Lipinski definition) is 2. The lowest BCUT2D eigenvalue weighted by molar-refractivity contribution is -0.157. The average Bonchev–Trinajstić information content (AvgIpc) is 2.17. The number of aliphatic hydroxyl groups excluding tert-OH is 1. The van der Waals surface area contributed by atoms with Crippen molar-refractivity contribution in [2.24, 2.45) is 23.2 Å². The summed E-state index contributed by atoms with van der Waals surface area (Å²) in [6, 6.07) is 0. The third-order valence-corrected chi connectivity index (χ3v) is 4.81. The molecule has 1 aliphatic heterocycles. The Labute approximate surface area is 92.3 Å². The van der Waals surface area contributed by atoms with Crippen molar-refractivity contribution in [3.05, 3.63) is 11.6 Å². The highest BCUT2D eigenvalue weighted by molar-refractivity contribution is 5.20. The Kier molecular flexibility index (Phi) is 2.68. The molecule has 0 spiro atoms. The van der Waals surface area contributed by atoms with E-state index < -0.39 is 0 Å². The van der Waals surface area contributed by atoms with Crippen molar-refractivity contribution in [3.8, 4) is 0 Å². The highest BCUT2D eigenvalue weighted by Gasteiger charge is 2.51. The Hall–Kier alpha value is -0.340. The van der Waals surface area contributed by atoms with Crippen LogP contribution in [0.1, 0.15) is 27.7 Å². The van der Waals surface area contributed by atoms with Crippen LogP contribution in [0.25, 0.3) is 0 Å². The van der Waals surface area contributed by atoms with Crippen molar-refractivity contribution in [2.75, 3.05) is 13.2 Å². The maximum Gasteiger partial charge on any atom is 0.0615 e. The summed E-state index contributed by atoms with van der Waals surface area (Å²) in [5.41, 5.74) is 1.39. The molecule has 2 nitrogen and oxygen atoms in total. The highest BCUT2D eigenvalue weighted by atomic mass is 16.5. The van der Waals surface area contributed by atoms with Crippen molar-refractivity contribution in [1.29, 1.82) is 0 Å². The number of aliphatic hydroxyl groups is 1. The van der Waals surface area contributed by atoms with E-state index >= 15 is 0 Å². The Morgan fingerprint density at radius 1 is 1.47 bits per heavy atom. The first-order valence-corrected chi connectivity index (χ1v) is 5.93. The van der Waals surface area contributed by atoms with Gasteiger partial charge in [0.1, 0.15) is 0 Å². The third-order valence-electron chi connectivity index (χ3n) is 4.81. The normalized spacial score (nSPS) is 50.1. The predicted molar refractivity (Wildman–Crippen MR) is 60.5 cm³/mol. The molecule has 0 aromatic heterocycles. The van der Waals surface area contributed by atoms with E-state index in [4.69, 9.17) is 4.74 Å². The molecule has 2 rings (SSSR count). The zero-order valence-electron chi connectivity index (χ0n) is 10.2. The van der Waals surface area contributed by atoms with Crippen molar-refractivity contribution in [2.45, 2.75) is 33.8 Å². The van der Waals surface area contributed by atoms with E-state index in [9.17, 15) is 5.11 Å². The largest absolute Gasteiger partial charge is 0.396 e. The molecular weight excluding hydrogens is 188 g/mol. The fourth-order valence-corrected chi connectivity index (χ4v) is 3.60. The molecule has 1 heterocycles. The molecule has 1 saturated heterocycles. The van der Waals surface area contributed by atoms with E-state index in [2.05, 4.69) is 33.8 Å². The van der Waals surface area contributed by atoms with Gasteiger partial charge in [0.15, 0.2) is 0 Å². The van der Waals surface area contributed by atoms with Crippen LogP contribution in [0, 0.1) is 23.2 Å². The van der Waals surface area contributed by atoms with Crippen LogP contribution in [-0.2, 0) is 4.74 Å². The van der Waals surface area contributed by atoms with E-state index in [1.807, 2.05) is 0 Å². The summed E-state index contributed by atoms with van der Waals surface area (Å²) in [7, 11) is 0. The van der Waals surface area contributed by atoms with Gasteiger partial charge < -0.3 is 9.84 Å². The van der Waals surface area contributed by atoms with Crippen LogP contribution in [0.15, 0.2) is 11.6 Å². The van der Waals surface area contributed by atoms with E-state index in [0.717, 1.165) is 0 Å². The van der Waals surface area contributed by atoms with Gasteiger partial charge >= 0.3 is 0 Å². The quantitative estimate of drug-likeness (QED) is 0.673. The molecule has 1 N–H and O–H groups in total. The summed E-state index contributed by atoms with van der Waals surface area (Å²) in [5.74, 6) is 1.43. The summed E-state index contributed by atoms with van der Waals surface area (Å²) in [5, 5.41) is 9.70. The topological polar surface area (TPSA) is 29.5 Å². The van der Waals surface area contributed by atoms with Crippen molar-refractivity contribution in [1.82, 2.24) is 0 Å². The molecule has 0 amide bonds. The van der Waals surface area contributed by atoms with Gasteiger partial charge in [-0.05, 0) is 25.7 Å². The third kappa shape index (κ3) is 1.38. The standard InChI is InChI=1S/C13H22O2/c1-8-5-9(2)13(6-14)7-15-11(4)12(8)10(13)3/h5,9-12,14H,6-7H2,1-4H3/t9-,10+,11-,12+,13+/m0/s1. The van der Waals surface area contributed by atoms with Crippen LogP contribution < -0.4 is 0 Å². The smallest absolute Gasteiger partial charge is 0.0615 e. The predicted octanol–water partition coefficient (Wildman–Crippen LogP) is 2.23. The minimum atomic E-state index is -0.0450. The van der Waals surface area contributed by atoms with E-state index in [-0.39, 0.29) is 12.0 Å². The second kappa shape index (κ2) is 3.60. The summed E-state index contributed by atoms with van der Waals surface area (Å²) >= 11 is 0. The maximum absolute atomic E-state index is 9.70.